The second-order valence-corrected chi connectivity index (χ2v) is 9.32. The fourth-order valence-electron chi connectivity index (χ4n) is 4.51. The van der Waals surface area contributed by atoms with E-state index in [0.717, 1.165) is 0 Å². The van der Waals surface area contributed by atoms with E-state index in [0.29, 0.717) is 0 Å². The molecular formula is C31H22OSi. The third-order valence-electron chi connectivity index (χ3n) is 6.23. The summed E-state index contributed by atoms with van der Waals surface area (Å²) in [7, 11) is 0.244. The predicted molar refractivity (Wildman–Crippen MR) is 140 cm³/mol. The Morgan fingerprint density at radius 3 is 1.61 bits per heavy atom. The van der Waals surface area contributed by atoms with Crippen LogP contribution in [-0.4, -0.2) is 9.76 Å². The minimum Gasteiger partial charge on any atom is -0.400 e. The standard InChI is InChI=1S/C31H22OSi/c1-3-11-25-20-27(18-16-22(25)8-1)31(28-19-17-23-9-2-4-12-26(23)21-28)32-33-30-15-7-13-24-10-5-6-14-29(24)30/h1-21,31H. The molecule has 0 spiro atoms. The minimum absolute atomic E-state index is 0.142. The van der Waals surface area contributed by atoms with Crippen LogP contribution >= 0.6 is 0 Å². The van der Waals surface area contributed by atoms with Crippen molar-refractivity contribution >= 4 is 47.3 Å². The molecule has 0 aliphatic heterocycles. The summed E-state index contributed by atoms with van der Waals surface area (Å²) in [5, 5.41) is 8.70. The van der Waals surface area contributed by atoms with Crippen LogP contribution in [0.3, 0.4) is 0 Å². The topological polar surface area (TPSA) is 9.23 Å². The molecule has 33 heavy (non-hydrogen) atoms. The molecule has 0 bridgehead atoms. The highest BCUT2D eigenvalue weighted by Gasteiger charge is 2.17. The summed E-state index contributed by atoms with van der Waals surface area (Å²) in [5.74, 6) is 0. The van der Waals surface area contributed by atoms with E-state index < -0.39 is 0 Å². The van der Waals surface area contributed by atoms with Gasteiger partial charge in [0.1, 0.15) is 0 Å². The lowest BCUT2D eigenvalue weighted by Gasteiger charge is -2.20. The van der Waals surface area contributed by atoms with Gasteiger partial charge in [-0.3, -0.25) is 0 Å². The van der Waals surface area contributed by atoms with Crippen LogP contribution in [0.25, 0.3) is 32.3 Å². The summed E-state index contributed by atoms with van der Waals surface area (Å²) >= 11 is 0. The van der Waals surface area contributed by atoms with Crippen molar-refractivity contribution in [2.24, 2.45) is 0 Å². The first-order chi connectivity index (χ1) is 16.3. The summed E-state index contributed by atoms with van der Waals surface area (Å²) in [5.41, 5.74) is 2.36. The molecule has 6 aromatic rings. The molecule has 0 aliphatic rings. The van der Waals surface area contributed by atoms with E-state index in [1.807, 2.05) is 0 Å². The first kappa shape index (κ1) is 19.9. The molecule has 0 heterocycles. The minimum atomic E-state index is -0.142. The number of hydrogen-bond donors (Lipinski definition) is 0. The molecule has 0 atom stereocenters. The number of hydrogen-bond acceptors (Lipinski definition) is 1. The smallest absolute Gasteiger partial charge is 0.270 e. The van der Waals surface area contributed by atoms with Gasteiger partial charge in [-0.1, -0.05) is 115 Å². The van der Waals surface area contributed by atoms with Crippen molar-refractivity contribution in [2.75, 3.05) is 0 Å². The molecule has 6 rings (SSSR count). The van der Waals surface area contributed by atoms with Crippen LogP contribution in [0.15, 0.2) is 127 Å². The maximum atomic E-state index is 6.73. The normalized spacial score (nSPS) is 11.5. The van der Waals surface area contributed by atoms with E-state index >= 15 is 0 Å². The summed E-state index contributed by atoms with van der Waals surface area (Å²) in [6.07, 6.45) is -0.142. The molecule has 2 radical (unpaired) electrons. The quantitative estimate of drug-likeness (QED) is 0.259. The third kappa shape index (κ3) is 3.95. The molecule has 0 fully saturated rings. The van der Waals surface area contributed by atoms with E-state index in [9.17, 15) is 0 Å². The average Bonchev–Trinajstić information content (AvgIpc) is 2.89. The zero-order valence-electron chi connectivity index (χ0n) is 18.1. The molecule has 2 heteroatoms. The average molecular weight is 439 g/mol. The Bertz CT molecular complexity index is 1500. The summed E-state index contributed by atoms with van der Waals surface area (Å²) in [6, 6.07) is 45.3. The Hall–Kier alpha value is -3.72. The molecule has 1 nitrogen and oxygen atoms in total. The van der Waals surface area contributed by atoms with Crippen LogP contribution in [0.2, 0.25) is 0 Å². The maximum absolute atomic E-state index is 6.73. The zero-order valence-corrected chi connectivity index (χ0v) is 19.1. The second-order valence-electron chi connectivity index (χ2n) is 8.34. The van der Waals surface area contributed by atoms with Crippen LogP contribution in [0.1, 0.15) is 17.2 Å². The van der Waals surface area contributed by atoms with E-state index in [1.165, 1.54) is 48.6 Å². The highest BCUT2D eigenvalue weighted by molar-refractivity contribution is 6.51. The van der Waals surface area contributed by atoms with Gasteiger partial charge in [0.2, 0.25) is 0 Å². The fraction of sp³-hybridized carbons (Fsp3) is 0.0323. The summed E-state index contributed by atoms with van der Waals surface area (Å²) < 4.78 is 6.73. The summed E-state index contributed by atoms with van der Waals surface area (Å²) in [6.45, 7) is 0. The molecule has 0 saturated heterocycles. The Morgan fingerprint density at radius 2 is 0.970 bits per heavy atom. The highest BCUT2D eigenvalue weighted by atomic mass is 28.2. The predicted octanol–water partition coefficient (Wildman–Crippen LogP) is 7.20. The number of rotatable bonds is 5. The van der Waals surface area contributed by atoms with Crippen LogP contribution in [0, 0.1) is 0 Å². The van der Waals surface area contributed by atoms with Gasteiger partial charge in [-0.25, -0.2) is 0 Å². The molecule has 0 saturated carbocycles. The van der Waals surface area contributed by atoms with Crippen LogP contribution in [0.5, 0.6) is 0 Å². The zero-order chi connectivity index (χ0) is 22.0. The van der Waals surface area contributed by atoms with Gasteiger partial charge in [-0.05, 0) is 60.8 Å². The SMILES string of the molecule is c1ccc2cc(C(O[Si]c3cccc4ccccc34)c3ccc4ccccc4c3)ccc2c1. The second kappa shape index (κ2) is 8.66. The van der Waals surface area contributed by atoms with Gasteiger partial charge in [0, 0.05) is 0 Å². The van der Waals surface area contributed by atoms with E-state index in [-0.39, 0.29) is 15.9 Å². The molecule has 156 valence electrons. The lowest BCUT2D eigenvalue weighted by Crippen LogP contribution is -2.21. The molecule has 0 aromatic heterocycles. The number of fused-ring (bicyclic) bond motifs is 3. The Morgan fingerprint density at radius 1 is 0.455 bits per heavy atom. The largest absolute Gasteiger partial charge is 0.400 e. The lowest BCUT2D eigenvalue weighted by molar-refractivity contribution is 0.267. The van der Waals surface area contributed by atoms with Crippen molar-refractivity contribution in [2.45, 2.75) is 6.10 Å². The number of benzene rings is 6. The van der Waals surface area contributed by atoms with Gasteiger partial charge in [0.25, 0.3) is 9.76 Å². The molecule has 0 aliphatic carbocycles. The van der Waals surface area contributed by atoms with E-state index in [1.54, 1.807) is 0 Å². The lowest BCUT2D eigenvalue weighted by atomic mass is 9.96. The molecule has 0 amide bonds. The highest BCUT2D eigenvalue weighted by Crippen LogP contribution is 2.30. The van der Waals surface area contributed by atoms with Crippen molar-refractivity contribution in [3.8, 4) is 0 Å². The van der Waals surface area contributed by atoms with Crippen molar-refractivity contribution < 1.29 is 4.43 Å². The summed E-state index contributed by atoms with van der Waals surface area (Å²) in [4.78, 5) is 0. The van der Waals surface area contributed by atoms with E-state index in [2.05, 4.69) is 127 Å². The van der Waals surface area contributed by atoms with Crippen molar-refractivity contribution in [1.29, 1.82) is 0 Å². The van der Waals surface area contributed by atoms with Crippen LogP contribution in [-0.2, 0) is 4.43 Å². The molecule has 6 aromatic carbocycles. The van der Waals surface area contributed by atoms with Crippen molar-refractivity contribution in [3.05, 3.63) is 139 Å². The van der Waals surface area contributed by atoms with Crippen LogP contribution < -0.4 is 5.19 Å². The van der Waals surface area contributed by atoms with Gasteiger partial charge in [-0.2, -0.15) is 0 Å². The van der Waals surface area contributed by atoms with Crippen molar-refractivity contribution in [3.63, 3.8) is 0 Å². The molecule has 0 N–H and O–H groups in total. The first-order valence-corrected chi connectivity index (χ1v) is 12.1. The first-order valence-electron chi connectivity index (χ1n) is 11.2. The van der Waals surface area contributed by atoms with Gasteiger partial charge in [0.15, 0.2) is 0 Å². The Labute approximate surface area is 196 Å². The Balaban J connectivity index is 1.43. The monoisotopic (exact) mass is 438 g/mol. The van der Waals surface area contributed by atoms with Crippen LogP contribution in [0.4, 0.5) is 0 Å². The van der Waals surface area contributed by atoms with E-state index in [4.69, 9.17) is 4.43 Å². The molecular weight excluding hydrogens is 416 g/mol. The third-order valence-corrected chi connectivity index (χ3v) is 7.24. The van der Waals surface area contributed by atoms with Gasteiger partial charge in [-0.15, -0.1) is 0 Å². The Kier molecular flexibility index (Phi) is 5.23. The van der Waals surface area contributed by atoms with Gasteiger partial charge in [0.05, 0.1) is 6.10 Å². The fourth-order valence-corrected chi connectivity index (χ4v) is 5.53. The molecule has 0 unspecified atom stereocenters. The van der Waals surface area contributed by atoms with Gasteiger partial charge >= 0.3 is 0 Å². The van der Waals surface area contributed by atoms with Gasteiger partial charge < -0.3 is 4.43 Å². The maximum Gasteiger partial charge on any atom is 0.270 e. The van der Waals surface area contributed by atoms with Crippen molar-refractivity contribution in [1.82, 2.24) is 0 Å².